The number of alkyl halides is 6. The summed E-state index contributed by atoms with van der Waals surface area (Å²) >= 11 is 0. The highest BCUT2D eigenvalue weighted by molar-refractivity contribution is 7.89. The van der Waals surface area contributed by atoms with Gasteiger partial charge in [-0.2, -0.15) is 26.3 Å². The maximum atomic E-state index is 13.3. The van der Waals surface area contributed by atoms with E-state index in [0.717, 1.165) is 23.2 Å². The van der Waals surface area contributed by atoms with Crippen LogP contribution in [0.15, 0.2) is 35.6 Å². The van der Waals surface area contributed by atoms with E-state index in [9.17, 15) is 39.6 Å². The van der Waals surface area contributed by atoms with Gasteiger partial charge in [0, 0.05) is 30.7 Å². The summed E-state index contributed by atoms with van der Waals surface area (Å²) < 4.78 is 107. The van der Waals surface area contributed by atoms with Crippen LogP contribution in [0, 0.1) is 0 Å². The number of pyridine rings is 2. The fourth-order valence-electron chi connectivity index (χ4n) is 3.18. The quantitative estimate of drug-likeness (QED) is 0.602. The molecule has 0 aliphatic carbocycles. The standard InChI is InChI=1S/C18H17F6N5O4S/c1-9-7-29(8-13(33-9)18(22,23)24)15-12(4-10(6-27-15)17(19,20)21)16(30)28-11-2-3-26-14(5-11)34(25,31)32/h2-6,9,13H,7-8H2,1H3,(H2,25,31,32)(H,26,28,30)/t9-,13+/m1/s1. The van der Waals surface area contributed by atoms with Gasteiger partial charge in [-0.25, -0.2) is 23.5 Å². The number of ether oxygens (including phenoxy) is 1. The number of hydrogen-bond donors (Lipinski definition) is 2. The number of hydrogen-bond acceptors (Lipinski definition) is 7. The molecule has 0 radical (unpaired) electrons. The minimum atomic E-state index is -4.90. The van der Waals surface area contributed by atoms with Crippen LogP contribution >= 0.6 is 0 Å². The second-order valence-corrected chi connectivity index (χ2v) is 8.87. The highest BCUT2D eigenvalue weighted by Gasteiger charge is 2.46. The predicted octanol–water partition coefficient (Wildman–Crippen LogP) is 2.55. The molecule has 9 nitrogen and oxygen atoms in total. The first-order chi connectivity index (χ1) is 15.6. The van der Waals surface area contributed by atoms with Crippen molar-refractivity contribution in [2.45, 2.75) is 36.5 Å². The van der Waals surface area contributed by atoms with Crippen molar-refractivity contribution in [2.75, 3.05) is 23.3 Å². The zero-order chi connectivity index (χ0) is 25.5. The molecule has 1 amide bonds. The van der Waals surface area contributed by atoms with E-state index in [4.69, 9.17) is 9.88 Å². The number of primary sulfonamides is 1. The lowest BCUT2D eigenvalue weighted by molar-refractivity contribution is -0.233. The molecule has 1 saturated heterocycles. The van der Waals surface area contributed by atoms with Crippen LogP contribution in [0.5, 0.6) is 0 Å². The molecular weight excluding hydrogens is 496 g/mol. The van der Waals surface area contributed by atoms with Gasteiger partial charge in [0.05, 0.1) is 23.8 Å². The first-order valence-corrected chi connectivity index (χ1v) is 10.9. The number of rotatable bonds is 4. The fourth-order valence-corrected chi connectivity index (χ4v) is 3.68. The van der Waals surface area contributed by atoms with E-state index in [-0.39, 0.29) is 12.2 Å². The van der Waals surface area contributed by atoms with Crippen LogP contribution in [0.3, 0.4) is 0 Å². The molecule has 3 N–H and O–H groups in total. The van der Waals surface area contributed by atoms with Crippen LogP contribution in [0.2, 0.25) is 0 Å². The van der Waals surface area contributed by atoms with Crippen LogP contribution < -0.4 is 15.4 Å². The normalized spacial score (nSPS) is 19.7. The van der Waals surface area contributed by atoms with Crippen LogP contribution in [-0.2, 0) is 20.9 Å². The molecule has 34 heavy (non-hydrogen) atoms. The molecule has 0 bridgehead atoms. The van der Waals surface area contributed by atoms with Gasteiger partial charge in [0.2, 0.25) is 0 Å². The van der Waals surface area contributed by atoms with Gasteiger partial charge in [0.25, 0.3) is 15.9 Å². The number of halogens is 6. The Hall–Kier alpha value is -2.98. The van der Waals surface area contributed by atoms with Gasteiger partial charge >= 0.3 is 12.4 Å². The highest BCUT2D eigenvalue weighted by atomic mass is 32.2. The van der Waals surface area contributed by atoms with E-state index in [1.54, 1.807) is 0 Å². The maximum absolute atomic E-state index is 13.3. The summed E-state index contributed by atoms with van der Waals surface area (Å²) in [6, 6.07) is 2.45. The van der Waals surface area contributed by atoms with Crippen molar-refractivity contribution < 1.29 is 44.3 Å². The van der Waals surface area contributed by atoms with E-state index in [2.05, 4.69) is 15.3 Å². The van der Waals surface area contributed by atoms with Gasteiger partial charge in [-0.05, 0) is 19.1 Å². The average Bonchev–Trinajstić information content (AvgIpc) is 2.71. The first-order valence-electron chi connectivity index (χ1n) is 9.40. The lowest BCUT2D eigenvalue weighted by Gasteiger charge is -2.38. The Bertz CT molecular complexity index is 1190. The number of carbonyl (C=O) groups is 1. The van der Waals surface area contributed by atoms with Crippen LogP contribution in [0.4, 0.5) is 37.8 Å². The molecule has 3 rings (SSSR count). The summed E-state index contributed by atoms with van der Waals surface area (Å²) in [5, 5.41) is 6.54. The molecule has 0 unspecified atom stereocenters. The largest absolute Gasteiger partial charge is 0.417 e. The lowest BCUT2D eigenvalue weighted by Crippen LogP contribution is -2.53. The minimum Gasteiger partial charge on any atom is -0.362 e. The molecule has 1 fully saturated rings. The molecule has 2 atom stereocenters. The number of amides is 1. The van der Waals surface area contributed by atoms with Crippen molar-refractivity contribution in [1.29, 1.82) is 0 Å². The smallest absolute Gasteiger partial charge is 0.362 e. The second-order valence-electron chi connectivity index (χ2n) is 7.36. The Morgan fingerprint density at radius 2 is 1.85 bits per heavy atom. The third-order valence-electron chi connectivity index (χ3n) is 4.65. The Kier molecular flexibility index (Phi) is 6.78. The summed E-state index contributed by atoms with van der Waals surface area (Å²) in [6.45, 7) is 0.341. The van der Waals surface area contributed by atoms with E-state index >= 15 is 0 Å². The Morgan fingerprint density at radius 3 is 2.44 bits per heavy atom. The SMILES string of the molecule is C[C@@H]1CN(c2ncc(C(F)(F)F)cc2C(=O)Nc2ccnc(S(N)(=O)=O)c2)C[C@@H](C(F)(F)F)O1. The zero-order valence-electron chi connectivity index (χ0n) is 17.2. The molecule has 16 heteroatoms. The van der Waals surface area contributed by atoms with Crippen molar-refractivity contribution >= 4 is 27.4 Å². The Balaban J connectivity index is 2.02. The third-order valence-corrected chi connectivity index (χ3v) is 5.45. The highest BCUT2D eigenvalue weighted by Crippen LogP contribution is 2.34. The van der Waals surface area contributed by atoms with Crippen molar-refractivity contribution in [3.05, 3.63) is 41.7 Å². The number of carbonyl (C=O) groups excluding carboxylic acids is 1. The van der Waals surface area contributed by atoms with E-state index in [1.165, 1.54) is 6.92 Å². The maximum Gasteiger partial charge on any atom is 0.417 e. The van der Waals surface area contributed by atoms with Gasteiger partial charge in [-0.15, -0.1) is 0 Å². The molecule has 0 saturated carbocycles. The van der Waals surface area contributed by atoms with Crippen molar-refractivity contribution in [3.63, 3.8) is 0 Å². The number of anilines is 2. The Labute approximate surface area is 189 Å². The van der Waals surface area contributed by atoms with Crippen LogP contribution in [0.25, 0.3) is 0 Å². The molecule has 1 aliphatic heterocycles. The average molecular weight is 513 g/mol. The number of nitrogens with zero attached hydrogens (tertiary/aromatic N) is 3. The molecule has 3 heterocycles. The number of sulfonamides is 1. The minimum absolute atomic E-state index is 0.184. The second kappa shape index (κ2) is 8.99. The molecule has 0 spiro atoms. The molecule has 1 aliphatic rings. The fraction of sp³-hybridized carbons (Fsp3) is 0.389. The van der Waals surface area contributed by atoms with Gasteiger partial charge in [-0.1, -0.05) is 0 Å². The summed E-state index contributed by atoms with van der Waals surface area (Å²) in [4.78, 5) is 21.0. The number of nitrogens with two attached hydrogens (primary N) is 1. The number of aromatic nitrogens is 2. The molecule has 0 aromatic carbocycles. The van der Waals surface area contributed by atoms with E-state index in [0.29, 0.717) is 12.3 Å². The topological polar surface area (TPSA) is 128 Å². The van der Waals surface area contributed by atoms with E-state index in [1.807, 2.05) is 0 Å². The van der Waals surface area contributed by atoms with Gasteiger partial charge in [-0.3, -0.25) is 4.79 Å². The number of nitrogens with one attached hydrogen (secondary N) is 1. The first kappa shape index (κ1) is 25.6. The summed E-state index contributed by atoms with van der Waals surface area (Å²) in [5.74, 6) is -1.61. The Morgan fingerprint density at radius 1 is 1.18 bits per heavy atom. The van der Waals surface area contributed by atoms with Gasteiger partial charge < -0.3 is 15.0 Å². The third kappa shape index (κ3) is 5.92. The number of morpholine rings is 1. The monoisotopic (exact) mass is 513 g/mol. The van der Waals surface area contributed by atoms with E-state index < -0.39 is 69.0 Å². The summed E-state index contributed by atoms with van der Waals surface area (Å²) in [7, 11) is -4.26. The molecule has 186 valence electrons. The van der Waals surface area contributed by atoms with Crippen LogP contribution in [-0.4, -0.2) is 55.8 Å². The van der Waals surface area contributed by atoms with Crippen molar-refractivity contribution in [2.24, 2.45) is 5.14 Å². The van der Waals surface area contributed by atoms with Gasteiger partial charge in [0.1, 0.15) is 5.82 Å². The molecule has 2 aromatic heterocycles. The summed E-state index contributed by atoms with van der Waals surface area (Å²) in [6.07, 6.45) is -11.5. The van der Waals surface area contributed by atoms with Crippen molar-refractivity contribution in [3.8, 4) is 0 Å². The summed E-state index contributed by atoms with van der Waals surface area (Å²) in [5.41, 5.74) is -2.18. The molecule has 2 aromatic rings. The van der Waals surface area contributed by atoms with Gasteiger partial charge in [0.15, 0.2) is 11.1 Å². The lowest BCUT2D eigenvalue weighted by atomic mass is 10.1. The van der Waals surface area contributed by atoms with Crippen molar-refractivity contribution in [1.82, 2.24) is 9.97 Å². The zero-order valence-corrected chi connectivity index (χ0v) is 18.0. The molecular formula is C18H17F6N5O4S. The predicted molar refractivity (Wildman–Crippen MR) is 105 cm³/mol. The van der Waals surface area contributed by atoms with Crippen LogP contribution in [0.1, 0.15) is 22.8 Å².